The molecule has 2 aromatic rings. The molecular weight excluding hydrogens is 442 g/mol. The zero-order valence-corrected chi connectivity index (χ0v) is 18.1. The number of nitrogens with zero attached hydrogens (tertiary/aromatic N) is 5. The van der Waals surface area contributed by atoms with E-state index in [1.165, 1.54) is 12.1 Å². The van der Waals surface area contributed by atoms with Gasteiger partial charge in [-0.25, -0.2) is 9.59 Å². The van der Waals surface area contributed by atoms with Crippen LogP contribution in [-0.4, -0.2) is 43.2 Å². The van der Waals surface area contributed by atoms with Crippen LogP contribution in [0.25, 0.3) is 0 Å². The molecule has 34 heavy (non-hydrogen) atoms. The molecule has 0 atom stereocenters. The molecule has 174 valence electrons. The first-order valence-corrected chi connectivity index (χ1v) is 9.91. The molecule has 0 amide bonds. The van der Waals surface area contributed by atoms with E-state index in [0.29, 0.717) is 18.8 Å². The fraction of sp³-hybridized carbons (Fsp3) is 0.174. The first kappa shape index (κ1) is 25.4. The third kappa shape index (κ3) is 7.69. The monoisotopic (exact) mass is 463 g/mol. The second-order valence-corrected chi connectivity index (χ2v) is 6.52. The minimum Gasteiger partial charge on any atom is -0.461 e. The number of ether oxygens (including phenoxy) is 2. The van der Waals surface area contributed by atoms with Gasteiger partial charge in [0.2, 0.25) is 0 Å². The van der Waals surface area contributed by atoms with Gasteiger partial charge in [-0.3, -0.25) is 10.1 Å². The van der Waals surface area contributed by atoms with E-state index >= 15 is 0 Å². The predicted octanol–water partition coefficient (Wildman–Crippen LogP) is 4.15. The van der Waals surface area contributed by atoms with Crippen LogP contribution in [-0.2, 0) is 19.1 Å². The summed E-state index contributed by atoms with van der Waals surface area (Å²) in [5.74, 6) is -1.09. The molecule has 0 fully saturated rings. The number of carbonyl (C=O) groups excluding carboxylic acids is 2. The Kier molecular flexibility index (Phi) is 9.62. The molecule has 11 nitrogen and oxygen atoms in total. The van der Waals surface area contributed by atoms with Crippen LogP contribution in [0.15, 0.2) is 78.0 Å². The van der Waals surface area contributed by atoms with Crippen molar-refractivity contribution in [3.8, 4) is 6.07 Å². The summed E-state index contributed by atoms with van der Waals surface area (Å²) < 4.78 is 10.0. The van der Waals surface area contributed by atoms with E-state index in [9.17, 15) is 25.0 Å². The SMILES string of the molecule is C=CC(=O)OCCN(CCOC(=O)C=C)c1ccc(N=Nc2ccc([N+](=O)[O-])cc2C#N)cc1. The van der Waals surface area contributed by atoms with Crippen molar-refractivity contribution in [3.05, 3.63) is 83.5 Å². The normalized spacial score (nSPS) is 10.2. The maximum absolute atomic E-state index is 11.3. The number of carbonyl (C=O) groups is 2. The minimum atomic E-state index is -0.594. The third-order valence-electron chi connectivity index (χ3n) is 4.34. The van der Waals surface area contributed by atoms with Crippen LogP contribution in [0.4, 0.5) is 22.7 Å². The number of azo groups is 1. The van der Waals surface area contributed by atoms with E-state index in [4.69, 9.17) is 9.47 Å². The summed E-state index contributed by atoms with van der Waals surface area (Å²) >= 11 is 0. The molecule has 0 spiro atoms. The van der Waals surface area contributed by atoms with Gasteiger partial charge in [0.15, 0.2) is 0 Å². The molecule has 0 aromatic heterocycles. The van der Waals surface area contributed by atoms with Gasteiger partial charge in [-0.15, -0.1) is 5.11 Å². The largest absolute Gasteiger partial charge is 0.461 e. The highest BCUT2D eigenvalue weighted by molar-refractivity contribution is 5.81. The van der Waals surface area contributed by atoms with Crippen LogP contribution in [0.3, 0.4) is 0 Å². The van der Waals surface area contributed by atoms with Gasteiger partial charge < -0.3 is 14.4 Å². The number of nitriles is 1. The topological polar surface area (TPSA) is 147 Å². The molecule has 0 radical (unpaired) electrons. The molecule has 11 heteroatoms. The molecule has 0 heterocycles. The molecule has 0 bridgehead atoms. The average Bonchev–Trinajstić information content (AvgIpc) is 2.86. The van der Waals surface area contributed by atoms with Crippen LogP contribution in [0.2, 0.25) is 0 Å². The van der Waals surface area contributed by atoms with Crippen molar-refractivity contribution in [1.82, 2.24) is 0 Å². The molecule has 0 N–H and O–H groups in total. The van der Waals surface area contributed by atoms with Gasteiger partial charge in [-0.1, -0.05) is 13.2 Å². The Labute approximate surface area is 195 Å². The van der Waals surface area contributed by atoms with E-state index in [1.54, 1.807) is 24.3 Å². The molecule has 0 aliphatic rings. The van der Waals surface area contributed by atoms with Crippen LogP contribution < -0.4 is 4.90 Å². The molecule has 0 unspecified atom stereocenters. The number of esters is 2. The highest BCUT2D eigenvalue weighted by Gasteiger charge is 2.11. The Balaban J connectivity index is 2.13. The van der Waals surface area contributed by atoms with Crippen molar-refractivity contribution in [3.63, 3.8) is 0 Å². The van der Waals surface area contributed by atoms with E-state index in [-0.39, 0.29) is 30.2 Å². The Morgan fingerprint density at radius 1 is 1.03 bits per heavy atom. The second kappa shape index (κ2) is 12.9. The zero-order valence-electron chi connectivity index (χ0n) is 18.1. The lowest BCUT2D eigenvalue weighted by molar-refractivity contribution is -0.384. The molecule has 0 saturated carbocycles. The van der Waals surface area contributed by atoms with Gasteiger partial charge >= 0.3 is 11.9 Å². The van der Waals surface area contributed by atoms with E-state index in [1.807, 2.05) is 11.0 Å². The maximum atomic E-state index is 11.3. The minimum absolute atomic E-state index is 0.0314. The summed E-state index contributed by atoms with van der Waals surface area (Å²) in [6, 6.07) is 12.4. The van der Waals surface area contributed by atoms with E-state index in [2.05, 4.69) is 23.4 Å². The van der Waals surface area contributed by atoms with Crippen molar-refractivity contribution in [2.45, 2.75) is 0 Å². The summed E-state index contributed by atoms with van der Waals surface area (Å²) in [7, 11) is 0. The Bertz CT molecular complexity index is 1110. The van der Waals surface area contributed by atoms with Crippen molar-refractivity contribution >= 4 is 34.7 Å². The standard InChI is InChI=1S/C23H21N5O6/c1-3-22(29)33-13-11-27(12-14-34-23(30)4-2)19-7-5-18(6-8-19)25-26-21-10-9-20(28(31)32)15-17(21)16-24/h3-10,15H,1-2,11-14H2. The predicted molar refractivity (Wildman–Crippen MR) is 123 cm³/mol. The van der Waals surface area contributed by atoms with Gasteiger partial charge in [0.25, 0.3) is 5.69 Å². The van der Waals surface area contributed by atoms with Gasteiger partial charge in [0, 0.05) is 30.0 Å². The summed E-state index contributed by atoms with van der Waals surface area (Å²) in [6.07, 6.45) is 2.14. The maximum Gasteiger partial charge on any atom is 0.330 e. The van der Waals surface area contributed by atoms with Crippen LogP contribution in [0.1, 0.15) is 5.56 Å². The van der Waals surface area contributed by atoms with Crippen molar-refractivity contribution in [2.24, 2.45) is 10.2 Å². The lowest BCUT2D eigenvalue weighted by atomic mass is 10.2. The molecule has 0 aliphatic carbocycles. The summed E-state index contributed by atoms with van der Waals surface area (Å²) in [5, 5.41) is 28.2. The highest BCUT2D eigenvalue weighted by atomic mass is 16.6. The number of nitro groups is 1. The van der Waals surface area contributed by atoms with E-state index < -0.39 is 16.9 Å². The Morgan fingerprint density at radius 2 is 1.62 bits per heavy atom. The second-order valence-electron chi connectivity index (χ2n) is 6.52. The summed E-state index contributed by atoms with van der Waals surface area (Å²) in [4.78, 5) is 34.7. The van der Waals surface area contributed by atoms with E-state index in [0.717, 1.165) is 23.9 Å². The zero-order chi connectivity index (χ0) is 24.9. The number of nitro benzene ring substituents is 1. The number of hydrogen-bond acceptors (Lipinski definition) is 10. The van der Waals surface area contributed by atoms with Gasteiger partial charge in [-0.05, 0) is 30.3 Å². The van der Waals surface area contributed by atoms with Crippen molar-refractivity contribution in [1.29, 1.82) is 5.26 Å². The fourth-order valence-electron chi connectivity index (χ4n) is 2.66. The summed E-state index contributed by atoms with van der Waals surface area (Å²) in [5.41, 5.74) is 1.24. The Hall–Kier alpha value is -4.85. The molecular formula is C23H21N5O6. The molecule has 2 aromatic carbocycles. The van der Waals surface area contributed by atoms with Gasteiger partial charge in [-0.2, -0.15) is 10.4 Å². The highest BCUT2D eigenvalue weighted by Crippen LogP contribution is 2.27. The van der Waals surface area contributed by atoms with Gasteiger partial charge in [0.05, 0.1) is 29.3 Å². The Morgan fingerprint density at radius 3 is 2.12 bits per heavy atom. The lowest BCUT2D eigenvalue weighted by Gasteiger charge is -2.24. The number of anilines is 1. The molecule has 0 aliphatic heterocycles. The van der Waals surface area contributed by atoms with Crippen LogP contribution in [0, 0.1) is 21.4 Å². The van der Waals surface area contributed by atoms with Crippen LogP contribution in [0.5, 0.6) is 0 Å². The number of rotatable bonds is 12. The van der Waals surface area contributed by atoms with Crippen LogP contribution >= 0.6 is 0 Å². The quantitative estimate of drug-likeness (QED) is 0.150. The summed E-state index contributed by atoms with van der Waals surface area (Å²) in [6.45, 7) is 7.55. The number of hydrogen-bond donors (Lipinski definition) is 0. The molecule has 0 saturated heterocycles. The van der Waals surface area contributed by atoms with Gasteiger partial charge in [0.1, 0.15) is 25.0 Å². The number of benzene rings is 2. The fourth-order valence-corrected chi connectivity index (χ4v) is 2.66. The smallest absolute Gasteiger partial charge is 0.330 e. The lowest BCUT2D eigenvalue weighted by Crippen LogP contribution is -2.31. The van der Waals surface area contributed by atoms with Crippen molar-refractivity contribution in [2.75, 3.05) is 31.2 Å². The average molecular weight is 463 g/mol. The van der Waals surface area contributed by atoms with Crippen molar-refractivity contribution < 1.29 is 24.0 Å². The third-order valence-corrected chi connectivity index (χ3v) is 4.34. The number of non-ortho nitro benzene ring substituents is 1. The molecule has 2 rings (SSSR count). The first-order valence-electron chi connectivity index (χ1n) is 9.91. The first-order chi connectivity index (χ1) is 16.4.